The highest BCUT2D eigenvalue weighted by atomic mass is 35.5. The van der Waals surface area contributed by atoms with Gasteiger partial charge in [-0.3, -0.25) is 0 Å². The molecule has 0 atom stereocenters. The van der Waals surface area contributed by atoms with Crippen LogP contribution in [0.5, 0.6) is 5.75 Å². The van der Waals surface area contributed by atoms with Crippen LogP contribution in [0, 0.1) is 0 Å². The second-order valence-electron chi connectivity index (χ2n) is 3.26. The molecule has 2 N–H and O–H groups in total. The van der Waals surface area contributed by atoms with Gasteiger partial charge >= 0.3 is 0 Å². The molecule has 0 fully saturated rings. The number of nitrogens with zero attached hydrogens (tertiary/aromatic N) is 1. The number of hydrogen-bond donors (Lipinski definition) is 1. The summed E-state index contributed by atoms with van der Waals surface area (Å²) in [5.74, 6) is 0.726. The zero-order chi connectivity index (χ0) is 11.3. The summed E-state index contributed by atoms with van der Waals surface area (Å²) in [6.07, 6.45) is 0. The molecule has 0 saturated heterocycles. The van der Waals surface area contributed by atoms with Crippen molar-refractivity contribution >= 4 is 17.3 Å². The molecule has 1 aromatic carbocycles. The van der Waals surface area contributed by atoms with Crippen molar-refractivity contribution in [1.29, 1.82) is 0 Å². The van der Waals surface area contributed by atoms with E-state index in [-0.39, 0.29) is 0 Å². The first kappa shape index (κ1) is 12.1. The molecule has 1 rings (SSSR count). The average molecular weight is 229 g/mol. The predicted molar refractivity (Wildman–Crippen MR) is 64.9 cm³/mol. The lowest BCUT2D eigenvalue weighted by Crippen LogP contribution is -2.24. The standard InChI is InChI=1S/C11H17ClN2O/c1-3-15-11-5-4-9(8-10(11)12)14(2)7-6-13/h4-5,8H,3,6-7,13H2,1-2H3. The highest BCUT2D eigenvalue weighted by Gasteiger charge is 2.05. The summed E-state index contributed by atoms with van der Waals surface area (Å²) < 4.78 is 5.36. The molecule has 0 bridgehead atoms. The average Bonchev–Trinajstić information content (AvgIpc) is 2.21. The molecule has 0 saturated carbocycles. The van der Waals surface area contributed by atoms with Crippen LogP contribution in [0.2, 0.25) is 5.02 Å². The van der Waals surface area contributed by atoms with Crippen LogP contribution >= 0.6 is 11.6 Å². The summed E-state index contributed by atoms with van der Waals surface area (Å²) in [5, 5.41) is 0.637. The molecule has 3 nitrogen and oxygen atoms in total. The largest absolute Gasteiger partial charge is 0.492 e. The molecule has 84 valence electrons. The van der Waals surface area contributed by atoms with Crippen molar-refractivity contribution in [2.75, 3.05) is 31.6 Å². The van der Waals surface area contributed by atoms with Crippen molar-refractivity contribution in [3.63, 3.8) is 0 Å². The number of hydrogen-bond acceptors (Lipinski definition) is 3. The third kappa shape index (κ3) is 3.29. The maximum Gasteiger partial charge on any atom is 0.138 e. The summed E-state index contributed by atoms with van der Waals surface area (Å²) in [6, 6.07) is 5.75. The van der Waals surface area contributed by atoms with Crippen molar-refractivity contribution in [3.8, 4) is 5.75 Å². The molecular formula is C11H17ClN2O. The molecule has 0 unspecified atom stereocenters. The monoisotopic (exact) mass is 228 g/mol. The van der Waals surface area contributed by atoms with Crippen molar-refractivity contribution in [2.45, 2.75) is 6.92 Å². The molecular weight excluding hydrogens is 212 g/mol. The molecule has 0 spiro atoms. The van der Waals surface area contributed by atoms with Gasteiger partial charge in [0.05, 0.1) is 11.6 Å². The minimum atomic E-state index is 0.623. The van der Waals surface area contributed by atoms with E-state index in [9.17, 15) is 0 Å². The van der Waals surface area contributed by atoms with Gasteiger partial charge in [-0.15, -0.1) is 0 Å². The Balaban J connectivity index is 2.81. The molecule has 0 aliphatic heterocycles. The fourth-order valence-corrected chi connectivity index (χ4v) is 1.55. The van der Waals surface area contributed by atoms with E-state index in [4.69, 9.17) is 22.1 Å². The fraction of sp³-hybridized carbons (Fsp3) is 0.455. The fourth-order valence-electron chi connectivity index (χ4n) is 1.32. The predicted octanol–water partition coefficient (Wildman–Crippen LogP) is 2.13. The number of halogens is 1. The summed E-state index contributed by atoms with van der Waals surface area (Å²) in [5.41, 5.74) is 6.53. The Kier molecular flexibility index (Phi) is 4.72. The Hall–Kier alpha value is -0.930. The minimum absolute atomic E-state index is 0.623. The van der Waals surface area contributed by atoms with Gasteiger partial charge < -0.3 is 15.4 Å². The maximum atomic E-state index is 6.07. The molecule has 0 aromatic heterocycles. The van der Waals surface area contributed by atoms with E-state index in [2.05, 4.69) is 4.90 Å². The summed E-state index contributed by atoms with van der Waals surface area (Å²) in [6.45, 7) is 3.99. The zero-order valence-corrected chi connectivity index (χ0v) is 9.92. The van der Waals surface area contributed by atoms with Crippen LogP contribution in [0.3, 0.4) is 0 Å². The Morgan fingerprint density at radius 3 is 2.73 bits per heavy atom. The van der Waals surface area contributed by atoms with Crippen LogP contribution in [0.25, 0.3) is 0 Å². The number of ether oxygens (including phenoxy) is 1. The van der Waals surface area contributed by atoms with Crippen LogP contribution < -0.4 is 15.4 Å². The van der Waals surface area contributed by atoms with Crippen molar-refractivity contribution in [2.24, 2.45) is 5.73 Å². The third-order valence-electron chi connectivity index (χ3n) is 2.12. The topological polar surface area (TPSA) is 38.5 Å². The summed E-state index contributed by atoms with van der Waals surface area (Å²) in [7, 11) is 1.98. The molecule has 15 heavy (non-hydrogen) atoms. The molecule has 0 heterocycles. The van der Waals surface area contributed by atoms with E-state index < -0.39 is 0 Å². The first-order valence-corrected chi connectivity index (χ1v) is 5.40. The first-order chi connectivity index (χ1) is 7.19. The van der Waals surface area contributed by atoms with E-state index in [1.807, 2.05) is 32.2 Å². The normalized spacial score (nSPS) is 10.1. The van der Waals surface area contributed by atoms with Gasteiger partial charge in [0.15, 0.2) is 0 Å². The molecule has 4 heteroatoms. The highest BCUT2D eigenvalue weighted by molar-refractivity contribution is 6.32. The quantitative estimate of drug-likeness (QED) is 0.839. The summed E-state index contributed by atoms with van der Waals surface area (Å²) in [4.78, 5) is 2.06. The van der Waals surface area contributed by atoms with E-state index in [1.54, 1.807) is 0 Å². The van der Waals surface area contributed by atoms with Gasteiger partial charge in [0.1, 0.15) is 5.75 Å². The van der Waals surface area contributed by atoms with Crippen LogP contribution in [0.1, 0.15) is 6.92 Å². The lowest BCUT2D eigenvalue weighted by Gasteiger charge is -2.19. The van der Waals surface area contributed by atoms with E-state index in [1.165, 1.54) is 0 Å². The van der Waals surface area contributed by atoms with Crippen LogP contribution in [-0.4, -0.2) is 26.7 Å². The maximum absolute atomic E-state index is 6.07. The van der Waals surface area contributed by atoms with E-state index in [0.717, 1.165) is 18.0 Å². The lowest BCUT2D eigenvalue weighted by molar-refractivity contribution is 0.340. The molecule has 0 aliphatic carbocycles. The number of benzene rings is 1. The van der Waals surface area contributed by atoms with Gasteiger partial charge in [-0.05, 0) is 25.1 Å². The Morgan fingerprint density at radius 2 is 2.20 bits per heavy atom. The van der Waals surface area contributed by atoms with Gasteiger partial charge in [0.2, 0.25) is 0 Å². The number of anilines is 1. The molecule has 0 aliphatic rings. The van der Waals surface area contributed by atoms with Crippen molar-refractivity contribution in [3.05, 3.63) is 23.2 Å². The minimum Gasteiger partial charge on any atom is -0.492 e. The van der Waals surface area contributed by atoms with E-state index in [0.29, 0.717) is 18.2 Å². The third-order valence-corrected chi connectivity index (χ3v) is 2.42. The Labute approximate surface area is 95.8 Å². The Morgan fingerprint density at radius 1 is 1.47 bits per heavy atom. The van der Waals surface area contributed by atoms with Crippen LogP contribution in [0.4, 0.5) is 5.69 Å². The highest BCUT2D eigenvalue weighted by Crippen LogP contribution is 2.28. The lowest BCUT2D eigenvalue weighted by atomic mass is 10.3. The van der Waals surface area contributed by atoms with Crippen LogP contribution in [0.15, 0.2) is 18.2 Å². The number of nitrogens with two attached hydrogens (primary N) is 1. The van der Waals surface area contributed by atoms with Crippen LogP contribution in [-0.2, 0) is 0 Å². The zero-order valence-electron chi connectivity index (χ0n) is 9.16. The second-order valence-corrected chi connectivity index (χ2v) is 3.67. The molecule has 0 amide bonds. The summed E-state index contributed by atoms with van der Waals surface area (Å²) >= 11 is 6.07. The van der Waals surface area contributed by atoms with Crippen molar-refractivity contribution in [1.82, 2.24) is 0 Å². The number of rotatable bonds is 5. The van der Waals surface area contributed by atoms with Crippen molar-refractivity contribution < 1.29 is 4.74 Å². The van der Waals surface area contributed by atoms with Gasteiger partial charge in [-0.25, -0.2) is 0 Å². The Bertz CT molecular complexity index is 317. The first-order valence-electron chi connectivity index (χ1n) is 5.02. The molecule has 1 aromatic rings. The van der Waals surface area contributed by atoms with Gasteiger partial charge in [0, 0.05) is 25.8 Å². The van der Waals surface area contributed by atoms with Gasteiger partial charge in [-0.1, -0.05) is 11.6 Å². The SMILES string of the molecule is CCOc1ccc(N(C)CCN)cc1Cl. The van der Waals surface area contributed by atoms with Gasteiger partial charge in [0.25, 0.3) is 0 Å². The van der Waals surface area contributed by atoms with Gasteiger partial charge in [-0.2, -0.15) is 0 Å². The number of likely N-dealkylation sites (N-methyl/N-ethyl adjacent to an activating group) is 1. The van der Waals surface area contributed by atoms with E-state index >= 15 is 0 Å². The smallest absolute Gasteiger partial charge is 0.138 e. The second kappa shape index (κ2) is 5.83. The molecule has 0 radical (unpaired) electrons.